The van der Waals surface area contributed by atoms with Crippen LogP contribution in [0.3, 0.4) is 0 Å². The van der Waals surface area contributed by atoms with Gasteiger partial charge in [0.15, 0.2) is 0 Å². The van der Waals surface area contributed by atoms with Gasteiger partial charge in [-0.05, 0) is 24.3 Å². The lowest BCUT2D eigenvalue weighted by atomic mass is 9.96. The normalized spacial score (nSPS) is 11.3. The molecule has 1 amide bonds. The molecule has 0 bridgehead atoms. The van der Waals surface area contributed by atoms with Crippen molar-refractivity contribution in [2.45, 2.75) is 32.6 Å². The highest BCUT2D eigenvalue weighted by Crippen LogP contribution is 2.26. The largest absolute Gasteiger partial charge is 0.323 e. The lowest BCUT2D eigenvalue weighted by molar-refractivity contribution is -0.384. The second-order valence-corrected chi connectivity index (χ2v) is 8.86. The summed E-state index contributed by atoms with van der Waals surface area (Å²) in [5.41, 5.74) is 3.09. The zero-order valence-electron chi connectivity index (χ0n) is 19.1. The highest BCUT2D eigenvalue weighted by Gasteiger charge is 2.19. The Bertz CT molecular complexity index is 1310. The van der Waals surface area contributed by atoms with E-state index < -0.39 is 4.92 Å². The van der Waals surface area contributed by atoms with E-state index >= 15 is 0 Å². The first-order chi connectivity index (χ1) is 16.2. The molecule has 172 valence electrons. The number of nitrogens with one attached hydrogen (secondary N) is 1. The lowest BCUT2D eigenvalue weighted by Gasteiger charge is -2.16. The Labute approximate surface area is 196 Å². The van der Waals surface area contributed by atoms with E-state index in [0.717, 1.165) is 5.69 Å². The second-order valence-electron chi connectivity index (χ2n) is 8.86. The van der Waals surface area contributed by atoms with Crippen molar-refractivity contribution in [1.82, 2.24) is 19.7 Å². The maximum Gasteiger partial charge on any atom is 0.269 e. The van der Waals surface area contributed by atoms with Gasteiger partial charge in [-0.25, -0.2) is 14.6 Å². The summed E-state index contributed by atoms with van der Waals surface area (Å²) in [6.07, 6.45) is 5.04. The number of rotatable bonds is 6. The SMILES string of the molecule is CC(C)(C)c1ncc(NC(=O)Cc2cn(-c3ccccc3)nc2-c2ccc([N+](=O)[O-])cc2)cn1. The number of nitro groups is 1. The maximum atomic E-state index is 12.8. The fraction of sp³-hybridized carbons (Fsp3) is 0.200. The number of para-hydroxylation sites is 1. The molecule has 4 rings (SSSR count). The number of amides is 1. The molecule has 9 heteroatoms. The topological polar surface area (TPSA) is 116 Å². The van der Waals surface area contributed by atoms with Crippen molar-refractivity contribution in [3.8, 4) is 16.9 Å². The summed E-state index contributed by atoms with van der Waals surface area (Å²) >= 11 is 0. The minimum absolute atomic E-state index is 0.00996. The minimum Gasteiger partial charge on any atom is -0.323 e. The molecule has 34 heavy (non-hydrogen) atoms. The Balaban J connectivity index is 1.61. The van der Waals surface area contributed by atoms with Crippen LogP contribution in [0.5, 0.6) is 0 Å². The number of benzene rings is 2. The van der Waals surface area contributed by atoms with E-state index in [4.69, 9.17) is 0 Å². The van der Waals surface area contributed by atoms with Crippen LogP contribution in [-0.2, 0) is 16.6 Å². The van der Waals surface area contributed by atoms with Gasteiger partial charge in [0, 0.05) is 34.9 Å². The van der Waals surface area contributed by atoms with E-state index in [1.807, 2.05) is 51.1 Å². The predicted octanol–water partition coefficient (Wildman–Crippen LogP) is 4.72. The van der Waals surface area contributed by atoms with Crippen LogP contribution in [0, 0.1) is 10.1 Å². The van der Waals surface area contributed by atoms with Crippen LogP contribution in [0.15, 0.2) is 73.2 Å². The number of nitro benzene ring substituents is 1. The van der Waals surface area contributed by atoms with E-state index in [1.165, 1.54) is 12.1 Å². The monoisotopic (exact) mass is 456 g/mol. The third kappa shape index (κ3) is 5.15. The fourth-order valence-electron chi connectivity index (χ4n) is 3.39. The molecule has 0 atom stereocenters. The average Bonchev–Trinajstić information content (AvgIpc) is 3.23. The van der Waals surface area contributed by atoms with Crippen molar-refractivity contribution >= 4 is 17.3 Å². The molecule has 2 aromatic heterocycles. The van der Waals surface area contributed by atoms with E-state index in [-0.39, 0.29) is 23.4 Å². The number of hydrogen-bond donors (Lipinski definition) is 1. The van der Waals surface area contributed by atoms with Gasteiger partial charge < -0.3 is 5.32 Å². The van der Waals surface area contributed by atoms with Crippen LogP contribution in [-0.4, -0.2) is 30.6 Å². The number of aromatic nitrogens is 4. The van der Waals surface area contributed by atoms with Crippen LogP contribution in [0.25, 0.3) is 16.9 Å². The highest BCUT2D eigenvalue weighted by molar-refractivity contribution is 5.93. The number of carbonyl (C=O) groups is 1. The fourth-order valence-corrected chi connectivity index (χ4v) is 3.39. The maximum absolute atomic E-state index is 12.8. The molecule has 1 N–H and O–H groups in total. The first-order valence-electron chi connectivity index (χ1n) is 10.7. The number of nitrogens with zero attached hydrogens (tertiary/aromatic N) is 5. The number of hydrogen-bond acceptors (Lipinski definition) is 6. The number of non-ortho nitro benzene ring substituents is 1. The lowest BCUT2D eigenvalue weighted by Crippen LogP contribution is -2.18. The van der Waals surface area contributed by atoms with Crippen molar-refractivity contribution in [2.24, 2.45) is 0 Å². The van der Waals surface area contributed by atoms with Gasteiger partial charge in [0.2, 0.25) is 5.91 Å². The van der Waals surface area contributed by atoms with Gasteiger partial charge in [-0.3, -0.25) is 14.9 Å². The van der Waals surface area contributed by atoms with E-state index in [0.29, 0.717) is 28.3 Å². The summed E-state index contributed by atoms with van der Waals surface area (Å²) in [7, 11) is 0. The molecule has 4 aromatic rings. The molecule has 0 aliphatic carbocycles. The summed E-state index contributed by atoms with van der Waals surface area (Å²) in [6.45, 7) is 6.06. The summed E-state index contributed by atoms with van der Waals surface area (Å²) in [5, 5.41) is 18.5. The summed E-state index contributed by atoms with van der Waals surface area (Å²) in [6, 6.07) is 15.6. The Morgan fingerprint density at radius 1 is 1.03 bits per heavy atom. The molecule has 0 radical (unpaired) electrons. The summed E-state index contributed by atoms with van der Waals surface area (Å²) in [4.78, 5) is 32.1. The van der Waals surface area contributed by atoms with Crippen LogP contribution in [0.2, 0.25) is 0 Å². The molecular formula is C25H24N6O3. The highest BCUT2D eigenvalue weighted by atomic mass is 16.6. The minimum atomic E-state index is -0.451. The quantitative estimate of drug-likeness (QED) is 0.332. The third-order valence-electron chi connectivity index (χ3n) is 5.12. The molecule has 0 fully saturated rings. The number of carbonyl (C=O) groups excluding carboxylic acids is 1. The van der Waals surface area contributed by atoms with Gasteiger partial charge in [-0.2, -0.15) is 5.10 Å². The molecule has 0 saturated heterocycles. The molecule has 0 spiro atoms. The van der Waals surface area contributed by atoms with Crippen molar-refractivity contribution in [3.63, 3.8) is 0 Å². The molecule has 2 aromatic carbocycles. The van der Waals surface area contributed by atoms with Crippen molar-refractivity contribution in [3.05, 3.63) is 94.7 Å². The third-order valence-corrected chi connectivity index (χ3v) is 5.12. The second kappa shape index (κ2) is 9.22. The Kier molecular flexibility index (Phi) is 6.18. The van der Waals surface area contributed by atoms with Gasteiger partial charge >= 0.3 is 0 Å². The van der Waals surface area contributed by atoms with Gasteiger partial charge in [0.25, 0.3) is 5.69 Å². The average molecular weight is 457 g/mol. The van der Waals surface area contributed by atoms with E-state index in [9.17, 15) is 14.9 Å². The van der Waals surface area contributed by atoms with Crippen molar-refractivity contribution in [1.29, 1.82) is 0 Å². The molecule has 2 heterocycles. The number of anilines is 1. The molecule has 0 aliphatic heterocycles. The van der Waals surface area contributed by atoms with E-state index in [2.05, 4.69) is 20.4 Å². The van der Waals surface area contributed by atoms with Crippen molar-refractivity contribution < 1.29 is 9.72 Å². The first kappa shape index (κ1) is 22.8. The Morgan fingerprint density at radius 3 is 2.26 bits per heavy atom. The van der Waals surface area contributed by atoms with Crippen LogP contribution in [0.1, 0.15) is 32.2 Å². The van der Waals surface area contributed by atoms with Crippen LogP contribution in [0.4, 0.5) is 11.4 Å². The van der Waals surface area contributed by atoms with Gasteiger partial charge in [0.05, 0.1) is 40.8 Å². The predicted molar refractivity (Wildman–Crippen MR) is 129 cm³/mol. The Morgan fingerprint density at radius 2 is 1.68 bits per heavy atom. The summed E-state index contributed by atoms with van der Waals surface area (Å²) in [5.74, 6) is 0.443. The first-order valence-corrected chi connectivity index (χ1v) is 10.7. The Hall–Kier alpha value is -4.40. The molecule has 0 aliphatic rings. The summed E-state index contributed by atoms with van der Waals surface area (Å²) < 4.78 is 1.70. The smallest absolute Gasteiger partial charge is 0.269 e. The van der Waals surface area contributed by atoms with Crippen molar-refractivity contribution in [2.75, 3.05) is 5.32 Å². The standard InChI is InChI=1S/C25H24N6O3/c1-25(2,3)24-26-14-19(15-27-24)28-22(32)13-18-16-30(20-7-5-4-6-8-20)29-23(18)17-9-11-21(12-10-17)31(33)34/h4-12,14-16H,13H2,1-3H3,(H,28,32). The molecule has 0 saturated carbocycles. The van der Waals surface area contributed by atoms with Gasteiger partial charge in [-0.1, -0.05) is 39.0 Å². The molecule has 0 unspecified atom stereocenters. The molecular weight excluding hydrogens is 432 g/mol. The van der Waals surface area contributed by atoms with E-state index in [1.54, 1.807) is 35.4 Å². The van der Waals surface area contributed by atoms with Gasteiger partial charge in [-0.15, -0.1) is 0 Å². The van der Waals surface area contributed by atoms with Gasteiger partial charge in [0.1, 0.15) is 5.82 Å². The van der Waals surface area contributed by atoms with Crippen LogP contribution >= 0.6 is 0 Å². The zero-order chi connectivity index (χ0) is 24.3. The molecule has 9 nitrogen and oxygen atoms in total. The van der Waals surface area contributed by atoms with Crippen LogP contribution < -0.4 is 5.32 Å². The zero-order valence-corrected chi connectivity index (χ0v) is 19.1.